The van der Waals surface area contributed by atoms with Crippen molar-refractivity contribution in [2.24, 2.45) is 0 Å². The Morgan fingerprint density at radius 3 is 2.25 bits per heavy atom. The summed E-state index contributed by atoms with van der Waals surface area (Å²) in [5.74, 6) is -1.91. The minimum absolute atomic E-state index is 0.150. The van der Waals surface area contributed by atoms with Gasteiger partial charge in [0.25, 0.3) is 5.91 Å². The molecule has 1 aromatic carbocycles. The smallest absolute Gasteiger partial charge is 0.432 e. The first kappa shape index (κ1) is 31.4. The van der Waals surface area contributed by atoms with Crippen molar-refractivity contribution in [1.29, 1.82) is 0 Å². The van der Waals surface area contributed by atoms with E-state index in [1.54, 1.807) is 20.8 Å². The zero-order chi connectivity index (χ0) is 27.1. The maximum atomic E-state index is 13.1. The quantitative estimate of drug-likeness (QED) is 0.0908. The van der Waals surface area contributed by atoms with E-state index in [2.05, 4.69) is 25.0 Å². The third kappa shape index (κ3) is 12.9. The Balaban J connectivity index is 2.90. The molecule has 202 valence electrons. The summed E-state index contributed by atoms with van der Waals surface area (Å²) in [5, 5.41) is 0.623. The second-order valence-corrected chi connectivity index (χ2v) is 9.99. The monoisotopic (exact) mass is 524 g/mol. The van der Waals surface area contributed by atoms with Crippen LogP contribution in [0.25, 0.3) is 0 Å². The van der Waals surface area contributed by atoms with Crippen molar-refractivity contribution in [3.05, 3.63) is 35.9 Å². The van der Waals surface area contributed by atoms with Gasteiger partial charge in [-0.2, -0.15) is 5.01 Å². The number of ether oxygens (including phenoxy) is 3. The summed E-state index contributed by atoms with van der Waals surface area (Å²) in [7, 11) is 1.22. The minimum atomic E-state index is -1.07. The number of nitrogens with zero attached hydrogens (tertiary/aromatic N) is 1. The number of hydrogen-bond donors (Lipinski definition) is 2. The van der Waals surface area contributed by atoms with Gasteiger partial charge in [-0.1, -0.05) is 62.9 Å². The van der Waals surface area contributed by atoms with E-state index in [9.17, 15) is 19.2 Å². The standard InChI is InChI=1S/C26H40N2O7S/c1-6-7-8-9-13-16-22(30)34-23(36)18-21(29)28(25(32)35-26(2,3)4)27-20(24(31)33-5)17-19-14-11-10-12-15-19/h10-12,14-15,20,23,27,36H,6-9,13,16-18H2,1-5H3. The van der Waals surface area contributed by atoms with Gasteiger partial charge in [0.2, 0.25) is 0 Å². The maximum absolute atomic E-state index is 13.1. The van der Waals surface area contributed by atoms with Gasteiger partial charge in [0, 0.05) is 12.8 Å². The van der Waals surface area contributed by atoms with Crippen LogP contribution in [-0.4, -0.2) is 53.1 Å². The molecule has 0 bridgehead atoms. The molecule has 1 N–H and O–H groups in total. The molecule has 0 saturated heterocycles. The van der Waals surface area contributed by atoms with E-state index in [4.69, 9.17) is 14.2 Å². The molecule has 1 aromatic rings. The number of hydrogen-bond acceptors (Lipinski definition) is 9. The Morgan fingerprint density at radius 2 is 1.67 bits per heavy atom. The Morgan fingerprint density at radius 1 is 1.03 bits per heavy atom. The van der Waals surface area contributed by atoms with Gasteiger partial charge in [-0.15, -0.1) is 12.6 Å². The number of carbonyl (C=O) groups is 4. The van der Waals surface area contributed by atoms with Crippen LogP contribution in [0.1, 0.15) is 78.2 Å². The predicted octanol–water partition coefficient (Wildman–Crippen LogP) is 4.59. The van der Waals surface area contributed by atoms with Crippen molar-refractivity contribution in [3.8, 4) is 0 Å². The molecule has 0 fully saturated rings. The van der Waals surface area contributed by atoms with Gasteiger partial charge >= 0.3 is 18.0 Å². The summed E-state index contributed by atoms with van der Waals surface area (Å²) in [4.78, 5) is 50.5. The first-order valence-electron chi connectivity index (χ1n) is 12.3. The highest BCUT2D eigenvalue weighted by Crippen LogP contribution is 2.15. The van der Waals surface area contributed by atoms with Crippen LogP contribution in [0, 0.1) is 0 Å². The molecular formula is C26H40N2O7S. The van der Waals surface area contributed by atoms with E-state index in [1.165, 1.54) is 7.11 Å². The van der Waals surface area contributed by atoms with Crippen LogP contribution in [0.2, 0.25) is 0 Å². The molecule has 0 radical (unpaired) electrons. The van der Waals surface area contributed by atoms with Gasteiger partial charge in [0.05, 0.1) is 13.5 Å². The molecule has 0 spiro atoms. The van der Waals surface area contributed by atoms with Crippen molar-refractivity contribution in [2.45, 2.75) is 96.1 Å². The molecule has 2 amide bonds. The number of benzene rings is 1. The first-order chi connectivity index (χ1) is 17.0. The zero-order valence-electron chi connectivity index (χ0n) is 22.0. The van der Waals surface area contributed by atoms with Gasteiger partial charge in [0.1, 0.15) is 11.6 Å². The zero-order valence-corrected chi connectivity index (χ0v) is 22.8. The number of esters is 2. The Kier molecular flexibility index (Phi) is 14.2. The summed E-state index contributed by atoms with van der Waals surface area (Å²) in [6.45, 7) is 7.07. The summed E-state index contributed by atoms with van der Waals surface area (Å²) >= 11 is 4.20. The van der Waals surface area contributed by atoms with Gasteiger partial charge in [0.15, 0.2) is 5.44 Å². The number of unbranched alkanes of at least 4 members (excludes halogenated alkanes) is 4. The molecule has 0 aliphatic rings. The lowest BCUT2D eigenvalue weighted by Gasteiger charge is -2.29. The fraction of sp³-hybridized carbons (Fsp3) is 0.615. The number of thiol groups is 1. The third-order valence-corrected chi connectivity index (χ3v) is 5.27. The average Bonchev–Trinajstić information content (AvgIpc) is 2.80. The van der Waals surface area contributed by atoms with E-state index in [0.717, 1.165) is 31.2 Å². The van der Waals surface area contributed by atoms with Crippen molar-refractivity contribution in [1.82, 2.24) is 10.4 Å². The number of methoxy groups -OCH3 is 1. The molecule has 0 aliphatic carbocycles. The molecule has 10 heteroatoms. The number of hydrazine groups is 1. The Hall–Kier alpha value is -2.59. The highest BCUT2D eigenvalue weighted by molar-refractivity contribution is 7.80. The van der Waals surface area contributed by atoms with Crippen molar-refractivity contribution < 1.29 is 33.4 Å². The fourth-order valence-corrected chi connectivity index (χ4v) is 3.50. The van der Waals surface area contributed by atoms with Crippen LogP contribution < -0.4 is 5.43 Å². The normalized spacial score (nSPS) is 12.8. The summed E-state index contributed by atoms with van der Waals surface area (Å²) in [6.07, 6.45) is 3.85. The van der Waals surface area contributed by atoms with Crippen molar-refractivity contribution in [3.63, 3.8) is 0 Å². The van der Waals surface area contributed by atoms with Crippen molar-refractivity contribution in [2.75, 3.05) is 7.11 Å². The lowest BCUT2D eigenvalue weighted by atomic mass is 10.1. The van der Waals surface area contributed by atoms with Gasteiger partial charge < -0.3 is 14.2 Å². The molecule has 0 aliphatic heterocycles. The molecule has 0 aromatic heterocycles. The molecule has 2 atom stereocenters. The topological polar surface area (TPSA) is 111 Å². The first-order valence-corrected chi connectivity index (χ1v) is 12.8. The molecule has 2 unspecified atom stereocenters. The van der Waals surface area contributed by atoms with E-state index >= 15 is 0 Å². The summed E-state index contributed by atoms with van der Waals surface area (Å²) in [5.41, 5.74) is 1.47. The molecule has 0 saturated carbocycles. The molecular weight excluding hydrogens is 484 g/mol. The van der Waals surface area contributed by atoms with Gasteiger partial charge in [-0.05, 0) is 32.8 Å². The van der Waals surface area contributed by atoms with Gasteiger partial charge in [-0.25, -0.2) is 10.2 Å². The Labute approximate surface area is 219 Å². The number of amides is 2. The lowest BCUT2D eigenvalue weighted by molar-refractivity contribution is -0.148. The van der Waals surface area contributed by atoms with Crippen LogP contribution in [0.15, 0.2) is 30.3 Å². The number of imide groups is 1. The highest BCUT2D eigenvalue weighted by atomic mass is 32.1. The van der Waals surface area contributed by atoms with Crippen LogP contribution in [-0.2, 0) is 35.0 Å². The average molecular weight is 525 g/mol. The van der Waals surface area contributed by atoms with Gasteiger partial charge in [-0.3, -0.25) is 14.4 Å². The van der Waals surface area contributed by atoms with Crippen LogP contribution >= 0.6 is 12.6 Å². The maximum Gasteiger partial charge on any atom is 0.432 e. The molecule has 1 rings (SSSR count). The molecule has 9 nitrogen and oxygen atoms in total. The Bertz CT molecular complexity index is 842. The number of carbonyl (C=O) groups excluding carboxylic acids is 4. The largest absolute Gasteiger partial charge is 0.468 e. The van der Waals surface area contributed by atoms with Crippen LogP contribution in [0.5, 0.6) is 0 Å². The predicted molar refractivity (Wildman–Crippen MR) is 139 cm³/mol. The van der Waals surface area contributed by atoms with E-state index in [-0.39, 0.29) is 12.8 Å². The second kappa shape index (κ2) is 16.2. The van der Waals surface area contributed by atoms with Crippen molar-refractivity contribution >= 4 is 36.6 Å². The second-order valence-electron chi connectivity index (χ2n) is 9.42. The summed E-state index contributed by atoms with van der Waals surface area (Å²) < 4.78 is 15.5. The van der Waals surface area contributed by atoms with E-state index in [1.807, 2.05) is 30.3 Å². The fourth-order valence-electron chi connectivity index (χ4n) is 3.23. The summed E-state index contributed by atoms with van der Waals surface area (Å²) in [6, 6.07) is 8.01. The van der Waals surface area contributed by atoms with E-state index in [0.29, 0.717) is 11.4 Å². The third-order valence-electron chi connectivity index (χ3n) is 4.98. The van der Waals surface area contributed by atoms with E-state index < -0.39 is 47.4 Å². The van der Waals surface area contributed by atoms with Crippen LogP contribution in [0.4, 0.5) is 4.79 Å². The minimum Gasteiger partial charge on any atom is -0.468 e. The number of nitrogens with one attached hydrogen (secondary N) is 1. The highest BCUT2D eigenvalue weighted by Gasteiger charge is 2.33. The van der Waals surface area contributed by atoms with Crippen LogP contribution in [0.3, 0.4) is 0 Å². The lowest BCUT2D eigenvalue weighted by Crippen LogP contribution is -2.56. The molecule has 0 heterocycles. The number of rotatable bonds is 14. The molecule has 36 heavy (non-hydrogen) atoms. The SMILES string of the molecule is CCCCCCCC(=O)OC(S)CC(=O)N(NC(Cc1ccccc1)C(=O)OC)C(=O)OC(C)(C)C.